The van der Waals surface area contributed by atoms with Gasteiger partial charge < -0.3 is 5.73 Å². The Morgan fingerprint density at radius 3 is 2.58 bits per heavy atom. The number of piperidine rings is 1. The zero-order valence-electron chi connectivity index (χ0n) is 14.2. The van der Waals surface area contributed by atoms with Gasteiger partial charge >= 0.3 is 0 Å². The first-order valence-electron chi connectivity index (χ1n) is 9.26. The van der Waals surface area contributed by atoms with E-state index in [9.17, 15) is 0 Å². The molecule has 4 rings (SSSR count). The second-order valence-corrected chi connectivity index (χ2v) is 8.47. The van der Waals surface area contributed by atoms with Crippen molar-refractivity contribution in [2.75, 3.05) is 18.8 Å². The summed E-state index contributed by atoms with van der Waals surface area (Å²) in [6, 6.07) is 4.75. The van der Waals surface area contributed by atoms with E-state index in [2.05, 4.69) is 32.2 Å². The van der Waals surface area contributed by atoms with E-state index in [4.69, 9.17) is 5.73 Å². The number of thiophene rings is 1. The van der Waals surface area contributed by atoms with Gasteiger partial charge in [-0.25, -0.2) is 0 Å². The molecule has 0 unspecified atom stereocenters. The normalized spacial score (nSPS) is 21.3. The highest BCUT2D eigenvalue weighted by atomic mass is 32.1. The molecule has 2 aromatic rings. The molecule has 0 amide bonds. The van der Waals surface area contributed by atoms with E-state index in [-0.39, 0.29) is 0 Å². The minimum absolute atomic E-state index is 0.362. The van der Waals surface area contributed by atoms with Gasteiger partial charge in [0.05, 0.1) is 0 Å². The van der Waals surface area contributed by atoms with Crippen LogP contribution in [0.2, 0.25) is 0 Å². The Bertz CT molecular complexity index is 650. The van der Waals surface area contributed by atoms with E-state index in [1.54, 1.807) is 4.88 Å². The van der Waals surface area contributed by atoms with Crippen molar-refractivity contribution in [3.05, 3.63) is 27.7 Å². The number of nitrogens with one attached hydrogen (secondary N) is 1. The second kappa shape index (κ2) is 7.23. The predicted molar refractivity (Wildman–Crippen MR) is 98.2 cm³/mol. The Morgan fingerprint density at radius 2 is 1.88 bits per heavy atom. The van der Waals surface area contributed by atoms with E-state index in [1.165, 1.54) is 37.0 Å². The molecule has 1 saturated heterocycles. The lowest BCUT2D eigenvalue weighted by Crippen LogP contribution is -2.32. The van der Waals surface area contributed by atoms with Crippen molar-refractivity contribution in [2.24, 2.45) is 0 Å². The van der Waals surface area contributed by atoms with Gasteiger partial charge in [-0.1, -0.05) is 19.3 Å². The molecule has 1 saturated carbocycles. The Balaban J connectivity index is 1.30. The van der Waals surface area contributed by atoms with Gasteiger partial charge in [-0.15, -0.1) is 16.4 Å². The number of H-pyrrole nitrogens is 1. The van der Waals surface area contributed by atoms with Crippen molar-refractivity contribution in [2.45, 2.75) is 63.3 Å². The van der Waals surface area contributed by atoms with Crippen LogP contribution in [0.1, 0.15) is 72.4 Å². The lowest BCUT2D eigenvalue weighted by Gasteiger charge is -2.30. The summed E-state index contributed by atoms with van der Waals surface area (Å²) in [7, 11) is 0. The number of hydrogen-bond donors (Lipinski definition) is 2. The number of nitrogens with zero attached hydrogens (tertiary/aromatic N) is 3. The molecule has 6 heteroatoms. The Hall–Kier alpha value is -1.40. The van der Waals surface area contributed by atoms with Crippen LogP contribution < -0.4 is 5.73 Å². The first kappa shape index (κ1) is 16.1. The van der Waals surface area contributed by atoms with E-state index in [0.29, 0.717) is 11.9 Å². The fraction of sp³-hybridized carbons (Fsp3) is 0.667. The Morgan fingerprint density at radius 1 is 1.08 bits per heavy atom. The summed E-state index contributed by atoms with van der Waals surface area (Å²) in [5.41, 5.74) is 5.62. The van der Waals surface area contributed by atoms with Gasteiger partial charge in [0.15, 0.2) is 0 Å². The molecule has 1 aliphatic carbocycles. The summed E-state index contributed by atoms with van der Waals surface area (Å²) in [5, 5.41) is 6.93. The number of nitrogens with two attached hydrogens (primary N) is 1. The van der Waals surface area contributed by atoms with Crippen LogP contribution in [0, 0.1) is 0 Å². The topological polar surface area (TPSA) is 70.8 Å². The van der Waals surface area contributed by atoms with Crippen molar-refractivity contribution >= 4 is 17.3 Å². The van der Waals surface area contributed by atoms with Crippen LogP contribution in [0.5, 0.6) is 0 Å². The maximum atomic E-state index is 5.62. The van der Waals surface area contributed by atoms with E-state index in [0.717, 1.165) is 44.2 Å². The van der Waals surface area contributed by atoms with Crippen LogP contribution >= 0.6 is 11.3 Å². The summed E-state index contributed by atoms with van der Waals surface area (Å²) >= 11 is 2.05. The average Bonchev–Trinajstić information content (AvgIpc) is 3.26. The number of nitrogen functional groups attached to an aromatic ring is 1. The summed E-state index contributed by atoms with van der Waals surface area (Å²) in [6.45, 7) is 3.35. The molecule has 3 N–H and O–H groups in total. The number of aromatic amines is 1. The van der Waals surface area contributed by atoms with Crippen molar-refractivity contribution in [1.82, 2.24) is 20.1 Å². The standard InChI is InChI=1S/C18H27N5S/c19-18-20-17(21-22-18)14-8-10-23(11-9-14)12-15-6-7-16(24-15)13-4-2-1-3-5-13/h6-7,13-14H,1-5,8-12H2,(H3,19,20,21,22). The van der Waals surface area contributed by atoms with Gasteiger partial charge in [-0.05, 0) is 56.8 Å². The highest BCUT2D eigenvalue weighted by Gasteiger charge is 2.24. The summed E-state index contributed by atoms with van der Waals surface area (Å²) in [6.07, 6.45) is 9.32. The van der Waals surface area contributed by atoms with Crippen LogP contribution in [0.3, 0.4) is 0 Å². The molecule has 130 valence electrons. The number of rotatable bonds is 4. The van der Waals surface area contributed by atoms with Crippen LogP contribution in [-0.2, 0) is 6.54 Å². The second-order valence-electron chi connectivity index (χ2n) is 7.27. The predicted octanol–water partition coefficient (Wildman–Crippen LogP) is 3.88. The van der Waals surface area contributed by atoms with E-state index >= 15 is 0 Å². The quantitative estimate of drug-likeness (QED) is 0.882. The zero-order chi connectivity index (χ0) is 16.4. The first-order chi connectivity index (χ1) is 11.8. The van der Waals surface area contributed by atoms with E-state index in [1.807, 2.05) is 11.3 Å². The fourth-order valence-corrected chi connectivity index (χ4v) is 5.37. The summed E-state index contributed by atoms with van der Waals surface area (Å²) < 4.78 is 0. The number of likely N-dealkylation sites (tertiary alicyclic amines) is 1. The van der Waals surface area contributed by atoms with Crippen molar-refractivity contribution < 1.29 is 0 Å². The number of hydrogen-bond acceptors (Lipinski definition) is 5. The Labute approximate surface area is 147 Å². The number of aromatic nitrogens is 3. The Kier molecular flexibility index (Phi) is 4.85. The molecule has 2 fully saturated rings. The first-order valence-corrected chi connectivity index (χ1v) is 10.1. The molecule has 2 aromatic heterocycles. The molecule has 3 heterocycles. The molecule has 2 aliphatic rings. The number of anilines is 1. The van der Waals surface area contributed by atoms with Gasteiger partial charge in [0.25, 0.3) is 0 Å². The van der Waals surface area contributed by atoms with Gasteiger partial charge in [-0.2, -0.15) is 4.98 Å². The molecule has 0 bridgehead atoms. The maximum absolute atomic E-state index is 5.62. The third-order valence-electron chi connectivity index (χ3n) is 5.56. The highest BCUT2D eigenvalue weighted by molar-refractivity contribution is 7.12. The van der Waals surface area contributed by atoms with Gasteiger partial charge in [0.2, 0.25) is 5.95 Å². The van der Waals surface area contributed by atoms with Crippen molar-refractivity contribution in [3.8, 4) is 0 Å². The highest BCUT2D eigenvalue weighted by Crippen LogP contribution is 2.37. The summed E-state index contributed by atoms with van der Waals surface area (Å²) in [4.78, 5) is 10.0. The molecular formula is C18H27N5S. The lowest BCUT2D eigenvalue weighted by molar-refractivity contribution is 0.203. The van der Waals surface area contributed by atoms with Crippen LogP contribution in [-0.4, -0.2) is 33.2 Å². The van der Waals surface area contributed by atoms with Crippen molar-refractivity contribution in [1.29, 1.82) is 0 Å². The molecular weight excluding hydrogens is 318 g/mol. The van der Waals surface area contributed by atoms with Crippen LogP contribution in [0.4, 0.5) is 5.95 Å². The minimum Gasteiger partial charge on any atom is -0.367 e. The monoisotopic (exact) mass is 345 g/mol. The molecule has 0 radical (unpaired) electrons. The lowest BCUT2D eigenvalue weighted by atomic mass is 9.88. The average molecular weight is 346 g/mol. The molecule has 0 atom stereocenters. The maximum Gasteiger partial charge on any atom is 0.239 e. The van der Waals surface area contributed by atoms with Crippen LogP contribution in [0.25, 0.3) is 0 Å². The van der Waals surface area contributed by atoms with Gasteiger partial charge in [-0.3, -0.25) is 10.00 Å². The van der Waals surface area contributed by atoms with Gasteiger partial charge in [0.1, 0.15) is 5.82 Å². The smallest absolute Gasteiger partial charge is 0.239 e. The van der Waals surface area contributed by atoms with Gasteiger partial charge in [0, 0.05) is 22.2 Å². The zero-order valence-corrected chi connectivity index (χ0v) is 15.0. The molecule has 1 aliphatic heterocycles. The SMILES string of the molecule is Nc1n[nH]c(C2CCN(Cc3ccc(C4CCCCC4)s3)CC2)n1. The molecule has 0 aromatic carbocycles. The van der Waals surface area contributed by atoms with Crippen LogP contribution in [0.15, 0.2) is 12.1 Å². The third-order valence-corrected chi connectivity index (χ3v) is 6.80. The van der Waals surface area contributed by atoms with E-state index < -0.39 is 0 Å². The molecule has 0 spiro atoms. The third kappa shape index (κ3) is 3.64. The van der Waals surface area contributed by atoms with Crippen molar-refractivity contribution in [3.63, 3.8) is 0 Å². The largest absolute Gasteiger partial charge is 0.367 e. The minimum atomic E-state index is 0.362. The molecule has 24 heavy (non-hydrogen) atoms. The summed E-state index contributed by atoms with van der Waals surface area (Å²) in [5.74, 6) is 2.64. The fourth-order valence-electron chi connectivity index (χ4n) is 4.14. The molecule has 5 nitrogen and oxygen atoms in total.